The van der Waals surface area contributed by atoms with Crippen molar-refractivity contribution in [3.63, 3.8) is 0 Å². The lowest BCUT2D eigenvalue weighted by atomic mass is 9.99. The molecule has 1 aromatic carbocycles. The fourth-order valence-electron chi connectivity index (χ4n) is 3.53. The maximum Gasteiger partial charge on any atom is 0.266 e. The van der Waals surface area contributed by atoms with Gasteiger partial charge in [-0.05, 0) is 62.1 Å². The summed E-state index contributed by atoms with van der Waals surface area (Å²) >= 11 is 0. The van der Waals surface area contributed by atoms with Crippen LogP contribution in [-0.4, -0.2) is 23.3 Å². The van der Waals surface area contributed by atoms with E-state index in [0.29, 0.717) is 29.8 Å². The first-order valence-electron chi connectivity index (χ1n) is 9.23. The van der Waals surface area contributed by atoms with E-state index >= 15 is 0 Å². The highest BCUT2D eigenvalue weighted by molar-refractivity contribution is 5.96. The van der Waals surface area contributed by atoms with Crippen molar-refractivity contribution in [2.24, 2.45) is 0 Å². The fourth-order valence-corrected chi connectivity index (χ4v) is 3.53. The highest BCUT2D eigenvalue weighted by Crippen LogP contribution is 2.23. The topological polar surface area (TPSA) is 106 Å². The molecule has 0 atom stereocenters. The second-order valence-electron chi connectivity index (χ2n) is 6.91. The number of carbonyl (C=O) groups excluding carboxylic acids is 2. The molecule has 2 amide bonds. The van der Waals surface area contributed by atoms with Crippen LogP contribution in [0.4, 0.5) is 11.4 Å². The summed E-state index contributed by atoms with van der Waals surface area (Å²) in [6.45, 7) is 4.22. The number of amides is 2. The summed E-state index contributed by atoms with van der Waals surface area (Å²) in [5, 5.41) is 12.0. The molecule has 0 radical (unpaired) electrons. The highest BCUT2D eigenvalue weighted by atomic mass is 16.2. The molecule has 1 saturated heterocycles. The Morgan fingerprint density at radius 1 is 1.25 bits per heavy atom. The van der Waals surface area contributed by atoms with E-state index in [1.807, 2.05) is 18.2 Å². The summed E-state index contributed by atoms with van der Waals surface area (Å²) in [7, 11) is 0. The number of aromatic nitrogens is 1. The van der Waals surface area contributed by atoms with E-state index in [-0.39, 0.29) is 23.8 Å². The molecule has 2 N–H and O–H groups in total. The number of benzene rings is 1. The SMILES string of the molecule is Cc1[nH]c(=O)c(C#N)c(C)c1CCC(=O)Nc1ccc(N2CCCC2=O)cc1. The first kappa shape index (κ1) is 19.4. The average molecular weight is 378 g/mol. The molecule has 3 rings (SSSR count). The number of hydrogen-bond acceptors (Lipinski definition) is 4. The van der Waals surface area contributed by atoms with E-state index in [2.05, 4.69) is 10.3 Å². The molecule has 7 nitrogen and oxygen atoms in total. The number of hydrogen-bond donors (Lipinski definition) is 2. The molecule has 1 fully saturated rings. The second kappa shape index (κ2) is 8.09. The molecule has 0 bridgehead atoms. The van der Waals surface area contributed by atoms with Crippen LogP contribution in [0.15, 0.2) is 29.1 Å². The van der Waals surface area contributed by atoms with Crippen LogP contribution >= 0.6 is 0 Å². The van der Waals surface area contributed by atoms with E-state index < -0.39 is 5.56 Å². The minimum Gasteiger partial charge on any atom is -0.326 e. The van der Waals surface area contributed by atoms with Gasteiger partial charge in [-0.2, -0.15) is 5.26 Å². The molecule has 1 aromatic heterocycles. The van der Waals surface area contributed by atoms with Gasteiger partial charge < -0.3 is 15.2 Å². The van der Waals surface area contributed by atoms with Gasteiger partial charge in [0.05, 0.1) is 0 Å². The zero-order valence-corrected chi connectivity index (χ0v) is 16.0. The Hall–Kier alpha value is -3.40. The summed E-state index contributed by atoms with van der Waals surface area (Å²) in [4.78, 5) is 40.3. The average Bonchev–Trinajstić information content (AvgIpc) is 3.08. The predicted octanol–water partition coefficient (Wildman–Crippen LogP) is 2.56. The molecular formula is C21H22N4O3. The van der Waals surface area contributed by atoms with Crippen LogP contribution in [0.2, 0.25) is 0 Å². The lowest BCUT2D eigenvalue weighted by molar-refractivity contribution is -0.117. The number of aromatic amines is 1. The number of H-pyrrole nitrogens is 1. The van der Waals surface area contributed by atoms with Gasteiger partial charge in [-0.3, -0.25) is 14.4 Å². The number of anilines is 2. The van der Waals surface area contributed by atoms with Crippen molar-refractivity contribution in [1.82, 2.24) is 4.98 Å². The molecule has 2 aromatic rings. The summed E-state index contributed by atoms with van der Waals surface area (Å²) in [5.41, 5.74) is 3.30. The van der Waals surface area contributed by atoms with Gasteiger partial charge in [0.2, 0.25) is 11.8 Å². The second-order valence-corrected chi connectivity index (χ2v) is 6.91. The lowest BCUT2D eigenvalue weighted by Crippen LogP contribution is -2.23. The Balaban J connectivity index is 1.63. The van der Waals surface area contributed by atoms with Crippen LogP contribution in [0.3, 0.4) is 0 Å². The van der Waals surface area contributed by atoms with Gasteiger partial charge in [0, 0.05) is 36.5 Å². The molecule has 0 unspecified atom stereocenters. The van der Waals surface area contributed by atoms with Crippen molar-refractivity contribution >= 4 is 23.2 Å². The Kier molecular flexibility index (Phi) is 5.59. The predicted molar refractivity (Wildman–Crippen MR) is 106 cm³/mol. The van der Waals surface area contributed by atoms with Crippen molar-refractivity contribution in [2.45, 2.75) is 39.5 Å². The molecule has 0 aliphatic carbocycles. The van der Waals surface area contributed by atoms with E-state index in [1.54, 1.807) is 30.9 Å². The van der Waals surface area contributed by atoms with Crippen LogP contribution in [-0.2, 0) is 16.0 Å². The van der Waals surface area contributed by atoms with E-state index in [9.17, 15) is 14.4 Å². The smallest absolute Gasteiger partial charge is 0.266 e. The molecular weight excluding hydrogens is 356 g/mol. The third-order valence-electron chi connectivity index (χ3n) is 5.06. The van der Waals surface area contributed by atoms with E-state index in [0.717, 1.165) is 24.2 Å². The zero-order valence-electron chi connectivity index (χ0n) is 16.0. The monoisotopic (exact) mass is 378 g/mol. The number of nitrogens with one attached hydrogen (secondary N) is 2. The summed E-state index contributed by atoms with van der Waals surface area (Å²) in [6, 6.07) is 9.13. The Bertz CT molecular complexity index is 1020. The normalized spacial score (nSPS) is 13.5. The fraction of sp³-hybridized carbons (Fsp3) is 0.333. The van der Waals surface area contributed by atoms with Crippen LogP contribution in [0.1, 0.15) is 41.6 Å². The Morgan fingerprint density at radius 2 is 1.96 bits per heavy atom. The van der Waals surface area contributed by atoms with Crippen LogP contribution < -0.4 is 15.8 Å². The minimum atomic E-state index is -0.401. The Morgan fingerprint density at radius 3 is 2.57 bits per heavy atom. The Labute approximate surface area is 163 Å². The number of nitrogens with zero attached hydrogens (tertiary/aromatic N) is 2. The molecule has 0 spiro atoms. The number of nitriles is 1. The molecule has 1 aliphatic rings. The standard InChI is InChI=1S/C21H22N4O3/c1-13-17(14(2)23-21(28)18(13)12-22)9-10-19(26)24-15-5-7-16(8-6-15)25-11-3-4-20(25)27/h5-8H,3-4,9-11H2,1-2H3,(H,23,28)(H,24,26). The molecule has 0 saturated carbocycles. The van der Waals surface area contributed by atoms with Gasteiger partial charge in [-0.1, -0.05) is 0 Å². The van der Waals surface area contributed by atoms with Gasteiger partial charge in [-0.25, -0.2) is 0 Å². The van der Waals surface area contributed by atoms with Gasteiger partial charge in [-0.15, -0.1) is 0 Å². The van der Waals surface area contributed by atoms with Crippen LogP contribution in [0.25, 0.3) is 0 Å². The molecule has 1 aliphatic heterocycles. The summed E-state index contributed by atoms with van der Waals surface area (Å²) < 4.78 is 0. The quantitative estimate of drug-likeness (QED) is 0.834. The van der Waals surface area contributed by atoms with Gasteiger partial charge in [0.1, 0.15) is 11.6 Å². The van der Waals surface area contributed by atoms with Gasteiger partial charge in [0.25, 0.3) is 5.56 Å². The summed E-state index contributed by atoms with van der Waals surface area (Å²) in [6.07, 6.45) is 2.10. The largest absolute Gasteiger partial charge is 0.326 e. The van der Waals surface area contributed by atoms with E-state index in [4.69, 9.17) is 5.26 Å². The number of rotatable bonds is 5. The van der Waals surface area contributed by atoms with Gasteiger partial charge in [0.15, 0.2) is 0 Å². The van der Waals surface area contributed by atoms with Crippen molar-refractivity contribution in [1.29, 1.82) is 5.26 Å². The van der Waals surface area contributed by atoms with Crippen molar-refractivity contribution in [3.05, 3.63) is 57.0 Å². The zero-order chi connectivity index (χ0) is 20.3. The van der Waals surface area contributed by atoms with Crippen molar-refractivity contribution in [3.8, 4) is 6.07 Å². The van der Waals surface area contributed by atoms with Crippen LogP contribution in [0, 0.1) is 25.2 Å². The number of pyridine rings is 1. The lowest BCUT2D eigenvalue weighted by Gasteiger charge is -2.16. The third-order valence-corrected chi connectivity index (χ3v) is 5.06. The van der Waals surface area contributed by atoms with Crippen LogP contribution in [0.5, 0.6) is 0 Å². The maximum absolute atomic E-state index is 12.3. The number of aryl methyl sites for hydroxylation is 1. The van der Waals surface area contributed by atoms with Crippen molar-refractivity contribution in [2.75, 3.05) is 16.8 Å². The highest BCUT2D eigenvalue weighted by Gasteiger charge is 2.21. The summed E-state index contributed by atoms with van der Waals surface area (Å²) in [5.74, 6) is -0.0336. The minimum absolute atomic E-state index is 0.0908. The maximum atomic E-state index is 12.3. The first-order chi connectivity index (χ1) is 13.4. The third kappa shape index (κ3) is 3.96. The van der Waals surface area contributed by atoms with Crippen molar-refractivity contribution < 1.29 is 9.59 Å². The van der Waals surface area contributed by atoms with E-state index in [1.165, 1.54) is 0 Å². The number of carbonyl (C=O) groups is 2. The molecule has 2 heterocycles. The molecule has 28 heavy (non-hydrogen) atoms. The van der Waals surface area contributed by atoms with Gasteiger partial charge >= 0.3 is 0 Å². The molecule has 144 valence electrons. The molecule has 7 heteroatoms. The first-order valence-corrected chi connectivity index (χ1v) is 9.23.